The van der Waals surface area contributed by atoms with Gasteiger partial charge in [-0.05, 0) is 32.4 Å². The van der Waals surface area contributed by atoms with Gasteiger partial charge in [-0.3, -0.25) is 0 Å². The third-order valence-electron chi connectivity index (χ3n) is 3.16. The molecular formula is C17H24FNO6. The first-order chi connectivity index (χ1) is 11.6. The highest BCUT2D eigenvalue weighted by atomic mass is 18.2. The van der Waals surface area contributed by atoms with E-state index >= 15 is 0 Å². The molecule has 1 amide bonds. The summed E-state index contributed by atoms with van der Waals surface area (Å²) in [6.07, 6.45) is -0.827. The van der Waals surface area contributed by atoms with Gasteiger partial charge in [0.15, 0.2) is 11.6 Å². The van der Waals surface area contributed by atoms with Crippen molar-refractivity contribution < 1.29 is 32.9 Å². The van der Waals surface area contributed by atoms with Crippen molar-refractivity contribution in [1.29, 1.82) is 0 Å². The maximum absolute atomic E-state index is 14.0. The van der Waals surface area contributed by atoms with E-state index in [2.05, 4.69) is 5.32 Å². The molecule has 0 aliphatic heterocycles. The summed E-state index contributed by atoms with van der Waals surface area (Å²) in [5, 5.41) is 2.43. The van der Waals surface area contributed by atoms with Crippen molar-refractivity contribution in [2.24, 2.45) is 0 Å². The molecule has 0 saturated carbocycles. The summed E-state index contributed by atoms with van der Waals surface area (Å²) in [6.45, 7) is 5.09. The Kier molecular flexibility index (Phi) is 7.02. The Labute approximate surface area is 146 Å². The van der Waals surface area contributed by atoms with Gasteiger partial charge in [-0.2, -0.15) is 0 Å². The molecule has 1 unspecified atom stereocenters. The van der Waals surface area contributed by atoms with Crippen LogP contribution >= 0.6 is 0 Å². The van der Waals surface area contributed by atoms with Gasteiger partial charge in [-0.1, -0.05) is 0 Å². The van der Waals surface area contributed by atoms with Gasteiger partial charge in [-0.15, -0.1) is 0 Å². The van der Waals surface area contributed by atoms with E-state index in [1.54, 1.807) is 20.8 Å². The van der Waals surface area contributed by atoms with Crippen LogP contribution in [0.2, 0.25) is 0 Å². The molecule has 1 aromatic carbocycles. The number of hydrogen-bond donors (Lipinski definition) is 1. The average molecular weight is 356 g/mol. The fourth-order valence-corrected chi connectivity index (χ4v) is 2.09. The molecule has 0 radical (unpaired) electrons. The fourth-order valence-electron chi connectivity index (χ4n) is 2.09. The van der Waals surface area contributed by atoms with Crippen molar-refractivity contribution >= 4 is 12.1 Å². The number of esters is 1. The van der Waals surface area contributed by atoms with Crippen molar-refractivity contribution in [2.45, 2.75) is 38.8 Å². The highest BCUT2D eigenvalue weighted by Gasteiger charge is 2.27. The number of alkyl carbamates (subject to hydrolysis) is 1. The lowest BCUT2D eigenvalue weighted by Gasteiger charge is -2.23. The lowest BCUT2D eigenvalue weighted by atomic mass is 10.0. The SMILES string of the molecule is COC(=O)C(Cc1cc([18F])c(OC)cc1OC)NC(=O)OC(C)(C)C. The summed E-state index contributed by atoms with van der Waals surface area (Å²) in [6, 6.07) is 1.48. The zero-order valence-corrected chi connectivity index (χ0v) is 15.3. The third kappa shape index (κ3) is 6.13. The molecule has 0 spiro atoms. The largest absolute Gasteiger partial charge is 0.496 e. The predicted octanol–water partition coefficient (Wildman–Crippen LogP) is 2.45. The Morgan fingerprint density at radius 2 is 1.72 bits per heavy atom. The molecule has 0 saturated heterocycles. The number of rotatable bonds is 6. The lowest BCUT2D eigenvalue weighted by Crippen LogP contribution is -2.45. The quantitative estimate of drug-likeness (QED) is 0.789. The first kappa shape index (κ1) is 20.5. The van der Waals surface area contributed by atoms with Crippen LogP contribution in [0, 0.1) is 5.82 Å². The first-order valence-electron chi connectivity index (χ1n) is 7.59. The normalized spacial score (nSPS) is 12.1. The van der Waals surface area contributed by atoms with E-state index in [0.29, 0.717) is 11.3 Å². The van der Waals surface area contributed by atoms with Crippen molar-refractivity contribution in [3.63, 3.8) is 0 Å². The monoisotopic (exact) mass is 356 g/mol. The van der Waals surface area contributed by atoms with Crippen LogP contribution in [0.4, 0.5) is 9.18 Å². The fraction of sp³-hybridized carbons (Fsp3) is 0.529. The van der Waals surface area contributed by atoms with Gasteiger partial charge >= 0.3 is 12.1 Å². The van der Waals surface area contributed by atoms with Crippen molar-refractivity contribution in [3.05, 3.63) is 23.5 Å². The van der Waals surface area contributed by atoms with E-state index < -0.39 is 29.5 Å². The molecule has 0 fully saturated rings. The topological polar surface area (TPSA) is 83.1 Å². The van der Waals surface area contributed by atoms with Gasteiger partial charge in [-0.25, -0.2) is 14.0 Å². The molecule has 1 N–H and O–H groups in total. The first-order valence-corrected chi connectivity index (χ1v) is 7.59. The minimum Gasteiger partial charge on any atom is -0.496 e. The van der Waals surface area contributed by atoms with Crippen molar-refractivity contribution in [1.82, 2.24) is 5.32 Å². The second kappa shape index (κ2) is 8.55. The Morgan fingerprint density at radius 1 is 1.12 bits per heavy atom. The van der Waals surface area contributed by atoms with Crippen LogP contribution in [0.15, 0.2) is 12.1 Å². The molecule has 140 valence electrons. The maximum atomic E-state index is 14.0. The van der Waals surface area contributed by atoms with Gasteiger partial charge in [0.05, 0.1) is 21.3 Å². The van der Waals surface area contributed by atoms with Crippen LogP contribution in [0.3, 0.4) is 0 Å². The average Bonchev–Trinajstić information content (AvgIpc) is 2.51. The van der Waals surface area contributed by atoms with Crippen LogP contribution in [-0.4, -0.2) is 45.0 Å². The Bertz CT molecular complexity index is 626. The van der Waals surface area contributed by atoms with E-state index in [1.165, 1.54) is 33.5 Å². The Balaban J connectivity index is 3.05. The molecule has 1 atom stereocenters. The molecular weight excluding hydrogens is 332 g/mol. The Hall–Kier alpha value is -2.51. The van der Waals surface area contributed by atoms with Gasteiger partial charge in [0.1, 0.15) is 17.4 Å². The second-order valence-electron chi connectivity index (χ2n) is 6.22. The van der Waals surface area contributed by atoms with E-state index in [0.717, 1.165) is 0 Å². The molecule has 0 aliphatic carbocycles. The molecule has 25 heavy (non-hydrogen) atoms. The summed E-state index contributed by atoms with van der Waals surface area (Å²) in [7, 11) is 3.93. The van der Waals surface area contributed by atoms with Gasteiger partial charge in [0, 0.05) is 12.5 Å². The summed E-state index contributed by atoms with van der Waals surface area (Å²) in [5.41, 5.74) is -0.360. The number of benzene rings is 1. The third-order valence-corrected chi connectivity index (χ3v) is 3.16. The van der Waals surface area contributed by atoms with Crippen LogP contribution in [0.1, 0.15) is 26.3 Å². The van der Waals surface area contributed by atoms with Gasteiger partial charge in [0.25, 0.3) is 0 Å². The minimum absolute atomic E-state index is 0.00956. The standard InChI is InChI=1S/C17H24FNO6/c1-17(2,3)25-16(21)19-12(15(20)24-6)8-10-7-11(18)14(23-5)9-13(10)22-4/h7,9,12H,8H2,1-6H3,(H,19,21)/i18-1. The second-order valence-corrected chi connectivity index (χ2v) is 6.22. The predicted molar refractivity (Wildman–Crippen MR) is 88.4 cm³/mol. The van der Waals surface area contributed by atoms with Gasteiger partial charge in [0.2, 0.25) is 0 Å². The summed E-state index contributed by atoms with van der Waals surface area (Å²) < 4.78 is 33.9. The smallest absolute Gasteiger partial charge is 0.408 e. The maximum Gasteiger partial charge on any atom is 0.408 e. The zero-order valence-electron chi connectivity index (χ0n) is 15.3. The molecule has 7 nitrogen and oxygen atoms in total. The molecule has 0 heterocycles. The van der Waals surface area contributed by atoms with Crippen LogP contribution in [-0.2, 0) is 20.7 Å². The van der Waals surface area contributed by atoms with E-state index in [9.17, 15) is 14.0 Å². The number of methoxy groups -OCH3 is 3. The van der Waals surface area contributed by atoms with Gasteiger partial charge < -0.3 is 24.3 Å². The van der Waals surface area contributed by atoms with Crippen LogP contribution in [0.5, 0.6) is 11.5 Å². The van der Waals surface area contributed by atoms with E-state index in [4.69, 9.17) is 18.9 Å². The van der Waals surface area contributed by atoms with Crippen LogP contribution < -0.4 is 14.8 Å². The molecule has 1 aromatic rings. The van der Waals surface area contributed by atoms with Crippen molar-refractivity contribution in [3.8, 4) is 11.5 Å². The summed E-state index contributed by atoms with van der Waals surface area (Å²) in [4.78, 5) is 23.9. The lowest BCUT2D eigenvalue weighted by molar-refractivity contribution is -0.143. The number of nitrogens with one attached hydrogen (secondary N) is 1. The van der Waals surface area contributed by atoms with Crippen LogP contribution in [0.25, 0.3) is 0 Å². The highest BCUT2D eigenvalue weighted by Crippen LogP contribution is 2.29. The number of amides is 1. The van der Waals surface area contributed by atoms with E-state index in [-0.39, 0.29) is 12.2 Å². The molecule has 1 rings (SSSR count). The highest BCUT2D eigenvalue weighted by molar-refractivity contribution is 5.81. The van der Waals surface area contributed by atoms with Crippen molar-refractivity contribution in [2.75, 3.05) is 21.3 Å². The number of hydrogen-bond acceptors (Lipinski definition) is 6. The molecule has 8 heteroatoms. The number of ether oxygens (including phenoxy) is 4. The minimum atomic E-state index is -1.07. The molecule has 0 aliphatic rings. The van der Waals surface area contributed by atoms with E-state index in [1.807, 2.05) is 0 Å². The Morgan fingerprint density at radius 3 is 2.20 bits per heavy atom. The number of carbonyl (C=O) groups is 2. The molecule has 0 aromatic heterocycles. The number of halogens is 1. The zero-order chi connectivity index (χ0) is 19.2. The summed E-state index contributed by atoms with van der Waals surface area (Å²) in [5.74, 6) is -0.975. The summed E-state index contributed by atoms with van der Waals surface area (Å²) >= 11 is 0. The number of carbonyl (C=O) groups excluding carboxylic acids is 2. The molecule has 0 bridgehead atoms.